The Morgan fingerprint density at radius 2 is 2.11 bits per heavy atom. The van der Waals surface area contributed by atoms with Crippen molar-refractivity contribution in [2.24, 2.45) is 0 Å². The van der Waals surface area contributed by atoms with Gasteiger partial charge in [-0.2, -0.15) is 0 Å². The Hall–Kier alpha value is -1.62. The van der Waals surface area contributed by atoms with E-state index in [1.807, 2.05) is 0 Å². The van der Waals surface area contributed by atoms with Crippen molar-refractivity contribution in [2.75, 3.05) is 13.2 Å². The summed E-state index contributed by atoms with van der Waals surface area (Å²) in [6, 6.07) is 6.78. The van der Waals surface area contributed by atoms with E-state index >= 15 is 0 Å². The fraction of sp³-hybridized carbons (Fsp3) is 0.538. The summed E-state index contributed by atoms with van der Waals surface area (Å²) in [7, 11) is 0. The normalized spacial score (nSPS) is 19.4. The molecule has 1 aromatic rings. The van der Waals surface area contributed by atoms with E-state index in [-0.39, 0.29) is 5.69 Å². The lowest BCUT2D eigenvalue weighted by atomic mass is 10.0. The fourth-order valence-corrected chi connectivity index (χ4v) is 2.15. The Morgan fingerprint density at radius 1 is 1.33 bits per heavy atom. The van der Waals surface area contributed by atoms with Gasteiger partial charge in [-0.1, -0.05) is 6.42 Å². The highest BCUT2D eigenvalue weighted by atomic mass is 16.6. The van der Waals surface area contributed by atoms with Crippen LogP contribution in [0.25, 0.3) is 0 Å². The molecule has 1 aliphatic rings. The number of hydrogen-bond acceptors (Lipinski definition) is 4. The number of non-ortho nitro benzene ring substituents is 1. The number of nitro benzene ring substituents is 1. The van der Waals surface area contributed by atoms with Crippen molar-refractivity contribution in [3.05, 3.63) is 34.4 Å². The van der Waals surface area contributed by atoms with E-state index < -0.39 is 4.92 Å². The van der Waals surface area contributed by atoms with Crippen LogP contribution in [0.4, 0.5) is 5.69 Å². The molecule has 2 rings (SSSR count). The van der Waals surface area contributed by atoms with Crippen molar-refractivity contribution < 1.29 is 9.66 Å². The maximum Gasteiger partial charge on any atom is 0.269 e. The van der Waals surface area contributed by atoms with Gasteiger partial charge in [0.1, 0.15) is 5.75 Å². The van der Waals surface area contributed by atoms with Crippen LogP contribution in [-0.4, -0.2) is 24.1 Å². The highest BCUT2D eigenvalue weighted by molar-refractivity contribution is 5.35. The standard InChI is InChI=1S/C13H18N2O3/c16-15(17)12-4-6-13(7-5-12)18-10-8-11-3-1-2-9-14-11/h4-7,11,14H,1-3,8-10H2. The fourth-order valence-electron chi connectivity index (χ4n) is 2.15. The lowest BCUT2D eigenvalue weighted by Crippen LogP contribution is -2.35. The molecular formula is C13H18N2O3. The van der Waals surface area contributed by atoms with Gasteiger partial charge in [0.05, 0.1) is 11.5 Å². The molecule has 0 amide bonds. The van der Waals surface area contributed by atoms with Gasteiger partial charge in [-0.25, -0.2) is 0 Å². The van der Waals surface area contributed by atoms with Crippen LogP contribution in [-0.2, 0) is 0 Å². The van der Waals surface area contributed by atoms with Crippen LogP contribution >= 0.6 is 0 Å². The summed E-state index contributed by atoms with van der Waals surface area (Å²) >= 11 is 0. The van der Waals surface area contributed by atoms with Crippen LogP contribution in [0.5, 0.6) is 5.75 Å². The van der Waals surface area contributed by atoms with Crippen molar-refractivity contribution in [1.29, 1.82) is 0 Å². The molecule has 0 aromatic heterocycles. The van der Waals surface area contributed by atoms with Crippen LogP contribution in [0.1, 0.15) is 25.7 Å². The van der Waals surface area contributed by atoms with Gasteiger partial charge in [0, 0.05) is 18.2 Å². The number of ether oxygens (including phenoxy) is 1. The molecule has 98 valence electrons. The van der Waals surface area contributed by atoms with Crippen LogP contribution < -0.4 is 10.1 Å². The third kappa shape index (κ3) is 3.70. The molecule has 1 N–H and O–H groups in total. The third-order valence-corrected chi connectivity index (χ3v) is 3.19. The van der Waals surface area contributed by atoms with Gasteiger partial charge in [-0.05, 0) is 37.9 Å². The number of hydrogen-bond donors (Lipinski definition) is 1. The number of benzene rings is 1. The molecule has 5 nitrogen and oxygen atoms in total. The number of nitrogens with one attached hydrogen (secondary N) is 1. The summed E-state index contributed by atoms with van der Waals surface area (Å²) in [5.41, 5.74) is 0.0938. The highest BCUT2D eigenvalue weighted by Crippen LogP contribution is 2.18. The average Bonchev–Trinajstić information content (AvgIpc) is 2.40. The van der Waals surface area contributed by atoms with Gasteiger partial charge in [0.2, 0.25) is 0 Å². The number of nitro groups is 1. The van der Waals surface area contributed by atoms with E-state index in [0.717, 1.165) is 13.0 Å². The first-order valence-corrected chi connectivity index (χ1v) is 6.36. The van der Waals surface area contributed by atoms with Gasteiger partial charge in [-0.15, -0.1) is 0 Å². The zero-order valence-corrected chi connectivity index (χ0v) is 10.3. The molecule has 0 saturated carbocycles. The number of rotatable bonds is 5. The third-order valence-electron chi connectivity index (χ3n) is 3.19. The summed E-state index contributed by atoms with van der Waals surface area (Å²) in [6.45, 7) is 1.75. The molecule has 1 heterocycles. The molecule has 1 aromatic carbocycles. The predicted octanol–water partition coefficient (Wildman–Crippen LogP) is 2.51. The maximum absolute atomic E-state index is 10.5. The first-order chi connectivity index (χ1) is 8.75. The largest absolute Gasteiger partial charge is 0.494 e. The van der Waals surface area contributed by atoms with Crippen molar-refractivity contribution in [3.63, 3.8) is 0 Å². The SMILES string of the molecule is O=[N+]([O-])c1ccc(OCCC2CCCCN2)cc1. The minimum absolute atomic E-state index is 0.0938. The smallest absolute Gasteiger partial charge is 0.269 e. The molecule has 1 fully saturated rings. The predicted molar refractivity (Wildman–Crippen MR) is 68.9 cm³/mol. The number of piperidine rings is 1. The first-order valence-electron chi connectivity index (χ1n) is 6.36. The summed E-state index contributed by atoms with van der Waals surface area (Å²) in [4.78, 5) is 10.1. The molecule has 5 heteroatoms. The summed E-state index contributed by atoms with van der Waals surface area (Å²) in [6.07, 6.45) is 4.75. The molecular weight excluding hydrogens is 232 g/mol. The Kier molecular flexibility index (Phi) is 4.52. The lowest BCUT2D eigenvalue weighted by Gasteiger charge is -2.23. The summed E-state index contributed by atoms with van der Waals surface area (Å²) in [5, 5.41) is 13.9. The summed E-state index contributed by atoms with van der Waals surface area (Å²) in [5.74, 6) is 0.691. The van der Waals surface area contributed by atoms with Gasteiger partial charge < -0.3 is 10.1 Å². The average molecular weight is 250 g/mol. The van der Waals surface area contributed by atoms with E-state index in [1.54, 1.807) is 12.1 Å². The van der Waals surface area contributed by atoms with E-state index in [2.05, 4.69) is 5.32 Å². The molecule has 0 spiro atoms. The van der Waals surface area contributed by atoms with Crippen LogP contribution in [0.2, 0.25) is 0 Å². The molecule has 1 atom stereocenters. The second-order valence-corrected chi connectivity index (χ2v) is 4.53. The van der Waals surface area contributed by atoms with Crippen molar-refractivity contribution in [3.8, 4) is 5.75 Å². The zero-order valence-electron chi connectivity index (χ0n) is 10.3. The van der Waals surface area contributed by atoms with E-state index in [1.165, 1.54) is 31.4 Å². The van der Waals surface area contributed by atoms with E-state index in [0.29, 0.717) is 18.4 Å². The Balaban J connectivity index is 1.74. The van der Waals surface area contributed by atoms with Gasteiger partial charge in [0.25, 0.3) is 5.69 Å². The molecule has 18 heavy (non-hydrogen) atoms. The van der Waals surface area contributed by atoms with Crippen LogP contribution in [0.15, 0.2) is 24.3 Å². The van der Waals surface area contributed by atoms with Crippen molar-refractivity contribution in [1.82, 2.24) is 5.32 Å². The minimum atomic E-state index is -0.407. The molecule has 1 saturated heterocycles. The van der Waals surface area contributed by atoms with Crippen molar-refractivity contribution >= 4 is 5.69 Å². The molecule has 1 unspecified atom stereocenters. The first kappa shape index (κ1) is 12.8. The van der Waals surface area contributed by atoms with Crippen molar-refractivity contribution in [2.45, 2.75) is 31.7 Å². The molecule has 0 radical (unpaired) electrons. The lowest BCUT2D eigenvalue weighted by molar-refractivity contribution is -0.384. The minimum Gasteiger partial charge on any atom is -0.494 e. The topological polar surface area (TPSA) is 64.4 Å². The molecule has 0 aliphatic carbocycles. The maximum atomic E-state index is 10.5. The van der Waals surface area contributed by atoms with Crippen LogP contribution in [0.3, 0.4) is 0 Å². The number of nitrogens with zero attached hydrogens (tertiary/aromatic N) is 1. The molecule has 1 aliphatic heterocycles. The second-order valence-electron chi connectivity index (χ2n) is 4.53. The Labute approximate surface area is 106 Å². The molecule has 0 bridgehead atoms. The monoisotopic (exact) mass is 250 g/mol. The zero-order chi connectivity index (χ0) is 12.8. The van der Waals surface area contributed by atoms with Gasteiger partial charge in [0.15, 0.2) is 0 Å². The van der Waals surface area contributed by atoms with Gasteiger partial charge in [-0.3, -0.25) is 10.1 Å². The summed E-state index contributed by atoms with van der Waals surface area (Å²) < 4.78 is 5.58. The van der Waals surface area contributed by atoms with Gasteiger partial charge >= 0.3 is 0 Å². The van der Waals surface area contributed by atoms with E-state index in [4.69, 9.17) is 4.74 Å². The quantitative estimate of drug-likeness (QED) is 0.644. The second kappa shape index (κ2) is 6.35. The Morgan fingerprint density at radius 3 is 2.72 bits per heavy atom. The van der Waals surface area contributed by atoms with Crippen LogP contribution in [0, 0.1) is 10.1 Å². The highest BCUT2D eigenvalue weighted by Gasteiger charge is 2.12. The van der Waals surface area contributed by atoms with E-state index in [9.17, 15) is 10.1 Å². The Bertz CT molecular complexity index is 386.